The predicted octanol–water partition coefficient (Wildman–Crippen LogP) is 2.67. The summed E-state index contributed by atoms with van der Waals surface area (Å²) in [7, 11) is 0. The number of carbonyl (C=O) groups excluding carboxylic acids is 1. The second-order valence-electron chi connectivity index (χ2n) is 6.78. The molecule has 3 atom stereocenters. The van der Waals surface area contributed by atoms with Crippen LogP contribution in [-0.4, -0.2) is 40.5 Å². The number of aliphatic carboxylic acids is 1. The van der Waals surface area contributed by atoms with Crippen LogP contribution in [0.15, 0.2) is 24.3 Å². The van der Waals surface area contributed by atoms with Gasteiger partial charge in [0.1, 0.15) is 6.04 Å². The Morgan fingerprint density at radius 1 is 1.21 bits per heavy atom. The zero-order valence-electron chi connectivity index (χ0n) is 13.6. The van der Waals surface area contributed by atoms with Gasteiger partial charge in [-0.05, 0) is 42.9 Å². The van der Waals surface area contributed by atoms with Crippen LogP contribution in [0, 0.1) is 5.92 Å². The molecular weight excluding hydrogens is 328 g/mol. The minimum Gasteiger partial charge on any atom is -0.480 e. The molecule has 1 aromatic rings. The number of carboxylic acids is 1. The van der Waals surface area contributed by atoms with Crippen LogP contribution in [0.4, 0.5) is 0 Å². The second kappa shape index (κ2) is 7.53. The van der Waals surface area contributed by atoms with Crippen molar-refractivity contribution in [1.82, 2.24) is 10.2 Å². The highest BCUT2D eigenvalue weighted by molar-refractivity contribution is 6.30. The first-order valence-corrected chi connectivity index (χ1v) is 8.92. The fraction of sp³-hybridized carbons (Fsp3) is 0.556. The second-order valence-corrected chi connectivity index (χ2v) is 7.21. The summed E-state index contributed by atoms with van der Waals surface area (Å²) in [4.78, 5) is 25.8. The van der Waals surface area contributed by atoms with E-state index >= 15 is 0 Å². The smallest absolute Gasteiger partial charge is 0.320 e. The fourth-order valence-electron chi connectivity index (χ4n) is 4.05. The molecule has 1 amide bonds. The van der Waals surface area contributed by atoms with E-state index in [2.05, 4.69) is 5.32 Å². The molecule has 1 saturated heterocycles. The van der Waals surface area contributed by atoms with E-state index in [4.69, 9.17) is 11.6 Å². The molecule has 3 rings (SSSR count). The van der Waals surface area contributed by atoms with Crippen molar-refractivity contribution in [3.05, 3.63) is 34.9 Å². The number of likely N-dealkylation sites (tertiary alicyclic amines) is 1. The third-order valence-corrected chi connectivity index (χ3v) is 5.49. The summed E-state index contributed by atoms with van der Waals surface area (Å²) in [6.07, 6.45) is 5.04. The molecular formula is C18H23ClN2O3. The number of hydrogen-bond donors (Lipinski definition) is 2. The van der Waals surface area contributed by atoms with Crippen LogP contribution in [0.3, 0.4) is 0 Å². The van der Waals surface area contributed by atoms with Gasteiger partial charge in [0, 0.05) is 17.6 Å². The van der Waals surface area contributed by atoms with Crippen molar-refractivity contribution in [2.45, 2.75) is 50.7 Å². The first-order valence-electron chi connectivity index (χ1n) is 8.54. The molecule has 2 fully saturated rings. The third kappa shape index (κ3) is 3.90. The van der Waals surface area contributed by atoms with E-state index in [-0.39, 0.29) is 18.5 Å². The minimum absolute atomic E-state index is 0.123. The van der Waals surface area contributed by atoms with E-state index in [1.165, 1.54) is 6.42 Å². The van der Waals surface area contributed by atoms with Gasteiger partial charge in [0.05, 0.1) is 6.54 Å². The molecule has 1 aromatic carbocycles. The molecule has 24 heavy (non-hydrogen) atoms. The van der Waals surface area contributed by atoms with E-state index in [0.717, 1.165) is 24.8 Å². The number of carboxylic acid groups (broad SMARTS) is 1. The van der Waals surface area contributed by atoms with Crippen molar-refractivity contribution in [2.24, 2.45) is 5.92 Å². The number of hydrogen-bond acceptors (Lipinski definition) is 3. The Bertz CT molecular complexity index is 605. The Kier molecular flexibility index (Phi) is 5.41. The van der Waals surface area contributed by atoms with Gasteiger partial charge in [0.2, 0.25) is 5.91 Å². The van der Waals surface area contributed by atoms with Crippen LogP contribution in [0.1, 0.15) is 37.7 Å². The maximum Gasteiger partial charge on any atom is 0.320 e. The summed E-state index contributed by atoms with van der Waals surface area (Å²) in [5.74, 6) is -0.513. The summed E-state index contributed by atoms with van der Waals surface area (Å²) in [6, 6.07) is 7.03. The average molecular weight is 351 g/mol. The van der Waals surface area contributed by atoms with Crippen LogP contribution < -0.4 is 5.32 Å². The van der Waals surface area contributed by atoms with E-state index in [1.807, 2.05) is 17.0 Å². The average Bonchev–Trinajstić information content (AvgIpc) is 2.93. The van der Waals surface area contributed by atoms with E-state index < -0.39 is 12.0 Å². The number of nitrogens with zero attached hydrogens (tertiary/aromatic N) is 1. The Balaban J connectivity index is 1.59. The van der Waals surface area contributed by atoms with Gasteiger partial charge in [-0.25, -0.2) is 0 Å². The van der Waals surface area contributed by atoms with Gasteiger partial charge >= 0.3 is 5.97 Å². The lowest BCUT2D eigenvalue weighted by Crippen LogP contribution is -2.47. The third-order valence-electron chi connectivity index (χ3n) is 5.24. The Morgan fingerprint density at radius 3 is 2.62 bits per heavy atom. The molecule has 2 aliphatic rings. The normalized spacial score (nSPS) is 26.8. The molecule has 5 nitrogen and oxygen atoms in total. The zero-order chi connectivity index (χ0) is 17.1. The first-order chi connectivity index (χ1) is 11.5. The monoisotopic (exact) mass is 350 g/mol. The van der Waals surface area contributed by atoms with Crippen LogP contribution in [-0.2, 0) is 16.1 Å². The number of carbonyl (C=O) groups is 2. The highest BCUT2D eigenvalue weighted by atomic mass is 35.5. The number of halogens is 1. The van der Waals surface area contributed by atoms with Crippen LogP contribution in [0.2, 0.25) is 5.02 Å². The maximum absolute atomic E-state index is 12.3. The van der Waals surface area contributed by atoms with Crippen molar-refractivity contribution in [3.8, 4) is 0 Å². The van der Waals surface area contributed by atoms with Gasteiger partial charge in [-0.2, -0.15) is 0 Å². The molecule has 130 valence electrons. The number of benzene rings is 1. The van der Waals surface area contributed by atoms with Crippen molar-refractivity contribution in [2.75, 3.05) is 6.54 Å². The molecule has 0 unspecified atom stereocenters. The van der Waals surface area contributed by atoms with Gasteiger partial charge < -0.3 is 10.4 Å². The molecule has 0 radical (unpaired) electrons. The highest BCUT2D eigenvalue weighted by Crippen LogP contribution is 2.39. The lowest BCUT2D eigenvalue weighted by atomic mass is 9.85. The zero-order valence-corrected chi connectivity index (χ0v) is 14.3. The van der Waals surface area contributed by atoms with Gasteiger partial charge in [-0.1, -0.05) is 36.6 Å². The minimum atomic E-state index is -0.810. The molecule has 1 heterocycles. The SMILES string of the molecule is O=C(CN1[C@H](C(=O)O)C[C@H]2CCCC[C@@H]21)NCc1ccc(Cl)cc1. The lowest BCUT2D eigenvalue weighted by Gasteiger charge is -2.32. The molecule has 0 aromatic heterocycles. The largest absolute Gasteiger partial charge is 0.480 e. The lowest BCUT2D eigenvalue weighted by molar-refractivity contribution is -0.143. The Morgan fingerprint density at radius 2 is 1.92 bits per heavy atom. The Labute approximate surface area is 147 Å². The van der Waals surface area contributed by atoms with Gasteiger partial charge in [-0.3, -0.25) is 14.5 Å². The van der Waals surface area contributed by atoms with E-state index in [9.17, 15) is 14.7 Å². The highest BCUT2D eigenvalue weighted by Gasteiger charge is 2.45. The van der Waals surface area contributed by atoms with Crippen LogP contribution >= 0.6 is 11.6 Å². The number of nitrogens with one attached hydrogen (secondary N) is 1. The Hall–Kier alpha value is -1.59. The summed E-state index contributed by atoms with van der Waals surface area (Å²) >= 11 is 5.85. The van der Waals surface area contributed by atoms with Crippen molar-refractivity contribution in [3.63, 3.8) is 0 Å². The topological polar surface area (TPSA) is 69.6 Å². The summed E-state index contributed by atoms with van der Waals surface area (Å²) in [5, 5.41) is 13.0. The van der Waals surface area contributed by atoms with Crippen LogP contribution in [0.5, 0.6) is 0 Å². The summed E-state index contributed by atoms with van der Waals surface area (Å²) in [6.45, 7) is 0.585. The molecule has 6 heteroatoms. The molecule has 0 bridgehead atoms. The number of fused-ring (bicyclic) bond motifs is 1. The number of rotatable bonds is 5. The number of amides is 1. The molecule has 1 saturated carbocycles. The van der Waals surface area contributed by atoms with Gasteiger partial charge in [0.25, 0.3) is 0 Å². The standard InChI is InChI=1S/C18H23ClN2O3/c19-14-7-5-12(6-8-14)10-20-17(22)11-21-15-4-2-1-3-13(15)9-16(21)18(23)24/h5-8,13,15-16H,1-4,9-11H2,(H,20,22)(H,23,24)/t13-,15+,16+/m1/s1. The van der Waals surface area contributed by atoms with Crippen molar-refractivity contribution >= 4 is 23.5 Å². The summed E-state index contributed by atoms with van der Waals surface area (Å²) in [5.41, 5.74) is 0.972. The quantitative estimate of drug-likeness (QED) is 0.856. The summed E-state index contributed by atoms with van der Waals surface area (Å²) < 4.78 is 0. The van der Waals surface area contributed by atoms with Crippen molar-refractivity contribution in [1.29, 1.82) is 0 Å². The fourth-order valence-corrected chi connectivity index (χ4v) is 4.17. The molecule has 0 spiro atoms. The maximum atomic E-state index is 12.3. The molecule has 1 aliphatic heterocycles. The van der Waals surface area contributed by atoms with Gasteiger partial charge in [-0.15, -0.1) is 0 Å². The van der Waals surface area contributed by atoms with Crippen LogP contribution in [0.25, 0.3) is 0 Å². The predicted molar refractivity (Wildman–Crippen MR) is 91.8 cm³/mol. The molecule has 1 aliphatic carbocycles. The van der Waals surface area contributed by atoms with Gasteiger partial charge in [0.15, 0.2) is 0 Å². The molecule has 2 N–H and O–H groups in total. The van der Waals surface area contributed by atoms with Crippen molar-refractivity contribution < 1.29 is 14.7 Å². The van der Waals surface area contributed by atoms with E-state index in [1.54, 1.807) is 12.1 Å². The van der Waals surface area contributed by atoms with E-state index in [0.29, 0.717) is 23.9 Å². The first kappa shape index (κ1) is 17.2.